The summed E-state index contributed by atoms with van der Waals surface area (Å²) in [5.41, 5.74) is 0. The summed E-state index contributed by atoms with van der Waals surface area (Å²) in [5.74, 6) is 0. The zero-order chi connectivity index (χ0) is 11.2. The van der Waals surface area contributed by atoms with Crippen molar-refractivity contribution in [3.63, 3.8) is 0 Å². The van der Waals surface area contributed by atoms with Crippen LogP contribution in [-0.4, -0.2) is 35.6 Å². The molecular weight excluding hydrogens is 218 g/mol. The van der Waals surface area contributed by atoms with Gasteiger partial charge >= 0.3 is 0 Å². The Morgan fingerprint density at radius 3 is 3.31 bits per heavy atom. The first-order chi connectivity index (χ1) is 7.90. The molecule has 4 heteroatoms. The number of nitrogens with one attached hydrogen (secondary N) is 1. The van der Waals surface area contributed by atoms with E-state index in [2.05, 4.69) is 27.5 Å². The number of rotatable bonds is 6. The first-order valence-corrected chi connectivity index (χ1v) is 7.11. The van der Waals surface area contributed by atoms with Crippen LogP contribution >= 0.6 is 11.3 Å². The Labute approximate surface area is 102 Å². The van der Waals surface area contributed by atoms with Crippen molar-refractivity contribution in [2.45, 2.75) is 38.8 Å². The van der Waals surface area contributed by atoms with Gasteiger partial charge in [0, 0.05) is 24.2 Å². The molecule has 0 spiro atoms. The van der Waals surface area contributed by atoms with E-state index in [4.69, 9.17) is 0 Å². The predicted octanol–water partition coefficient (Wildman–Crippen LogP) is 2.11. The van der Waals surface area contributed by atoms with Gasteiger partial charge in [0.15, 0.2) is 0 Å². The molecule has 0 amide bonds. The minimum Gasteiger partial charge on any atom is -0.315 e. The van der Waals surface area contributed by atoms with Gasteiger partial charge in [-0.2, -0.15) is 0 Å². The number of hydrogen-bond acceptors (Lipinski definition) is 4. The highest BCUT2D eigenvalue weighted by atomic mass is 32.1. The van der Waals surface area contributed by atoms with Crippen LogP contribution in [0.4, 0.5) is 0 Å². The van der Waals surface area contributed by atoms with Crippen LogP contribution in [0.15, 0.2) is 11.6 Å². The molecule has 1 atom stereocenters. The largest absolute Gasteiger partial charge is 0.315 e. The summed E-state index contributed by atoms with van der Waals surface area (Å²) in [4.78, 5) is 6.94. The molecule has 1 saturated heterocycles. The molecule has 1 unspecified atom stereocenters. The van der Waals surface area contributed by atoms with Gasteiger partial charge in [0.2, 0.25) is 0 Å². The quantitative estimate of drug-likeness (QED) is 0.771. The molecule has 1 aliphatic heterocycles. The van der Waals surface area contributed by atoms with Crippen LogP contribution in [0.2, 0.25) is 0 Å². The Bertz CT molecular complexity index is 286. The van der Waals surface area contributed by atoms with Crippen molar-refractivity contribution in [2.75, 3.05) is 19.6 Å². The fourth-order valence-electron chi connectivity index (χ4n) is 2.28. The van der Waals surface area contributed by atoms with Gasteiger partial charge in [0.05, 0.1) is 6.54 Å². The molecule has 0 bridgehead atoms. The van der Waals surface area contributed by atoms with Crippen molar-refractivity contribution in [3.8, 4) is 0 Å². The molecule has 1 N–H and O–H groups in total. The second-order valence-corrected chi connectivity index (χ2v) is 5.38. The third-order valence-corrected chi connectivity index (χ3v) is 3.89. The zero-order valence-electron chi connectivity index (χ0n) is 9.98. The predicted molar refractivity (Wildman–Crippen MR) is 68.7 cm³/mol. The average Bonchev–Trinajstić information content (AvgIpc) is 2.92. The third kappa shape index (κ3) is 3.27. The molecule has 1 aliphatic rings. The molecule has 90 valence electrons. The van der Waals surface area contributed by atoms with Gasteiger partial charge in [0.1, 0.15) is 5.01 Å². The highest BCUT2D eigenvalue weighted by Gasteiger charge is 2.24. The number of likely N-dealkylation sites (tertiary alicyclic amines) is 1. The van der Waals surface area contributed by atoms with Crippen molar-refractivity contribution in [3.05, 3.63) is 16.6 Å². The molecule has 0 aromatic carbocycles. The molecule has 0 aliphatic carbocycles. The second kappa shape index (κ2) is 6.33. The van der Waals surface area contributed by atoms with Gasteiger partial charge in [-0.15, -0.1) is 11.3 Å². The zero-order valence-corrected chi connectivity index (χ0v) is 10.8. The average molecular weight is 239 g/mol. The van der Waals surface area contributed by atoms with E-state index in [0.29, 0.717) is 0 Å². The normalized spacial score (nSPS) is 21.7. The van der Waals surface area contributed by atoms with Crippen LogP contribution in [-0.2, 0) is 6.54 Å². The van der Waals surface area contributed by atoms with Gasteiger partial charge in [-0.05, 0) is 32.4 Å². The van der Waals surface area contributed by atoms with Gasteiger partial charge in [-0.3, -0.25) is 4.90 Å². The van der Waals surface area contributed by atoms with E-state index in [1.165, 1.54) is 30.8 Å². The summed E-state index contributed by atoms with van der Waals surface area (Å²) in [6.45, 7) is 6.77. The van der Waals surface area contributed by atoms with Crippen molar-refractivity contribution in [2.24, 2.45) is 0 Å². The molecule has 1 aromatic heterocycles. The number of thiazole rings is 1. The summed E-state index contributed by atoms with van der Waals surface area (Å²) >= 11 is 1.77. The molecule has 1 fully saturated rings. The van der Waals surface area contributed by atoms with Crippen LogP contribution in [0.5, 0.6) is 0 Å². The number of nitrogens with zero attached hydrogens (tertiary/aromatic N) is 2. The van der Waals surface area contributed by atoms with Crippen molar-refractivity contribution in [1.82, 2.24) is 15.2 Å². The van der Waals surface area contributed by atoms with Crippen LogP contribution in [0.3, 0.4) is 0 Å². The highest BCUT2D eigenvalue weighted by molar-refractivity contribution is 7.09. The summed E-state index contributed by atoms with van der Waals surface area (Å²) in [5, 5.41) is 6.85. The van der Waals surface area contributed by atoms with Crippen molar-refractivity contribution in [1.29, 1.82) is 0 Å². The molecule has 1 aromatic rings. The summed E-state index contributed by atoms with van der Waals surface area (Å²) in [6.07, 6.45) is 5.80. The Kier molecular flexibility index (Phi) is 4.75. The first-order valence-electron chi connectivity index (χ1n) is 6.23. The lowest BCUT2D eigenvalue weighted by Crippen LogP contribution is -2.37. The fraction of sp³-hybridized carbons (Fsp3) is 0.750. The maximum atomic E-state index is 4.37. The highest BCUT2D eigenvalue weighted by Crippen LogP contribution is 2.20. The van der Waals surface area contributed by atoms with E-state index >= 15 is 0 Å². The lowest BCUT2D eigenvalue weighted by Gasteiger charge is -2.23. The van der Waals surface area contributed by atoms with Crippen LogP contribution in [0, 0.1) is 0 Å². The fourth-order valence-corrected chi connectivity index (χ4v) is 2.93. The van der Waals surface area contributed by atoms with Gasteiger partial charge in [-0.1, -0.05) is 6.92 Å². The SMILES string of the molecule is CCCNCC1CCCN1Cc1nccs1. The van der Waals surface area contributed by atoms with Crippen molar-refractivity contribution < 1.29 is 0 Å². The minimum atomic E-state index is 0.718. The molecule has 0 saturated carbocycles. The second-order valence-electron chi connectivity index (χ2n) is 4.40. The first kappa shape index (κ1) is 12.0. The Morgan fingerprint density at radius 1 is 1.62 bits per heavy atom. The number of aromatic nitrogens is 1. The number of hydrogen-bond donors (Lipinski definition) is 1. The van der Waals surface area contributed by atoms with Gasteiger partial charge in [0.25, 0.3) is 0 Å². The molecule has 2 rings (SSSR count). The van der Waals surface area contributed by atoms with E-state index in [1.54, 1.807) is 11.3 Å². The summed E-state index contributed by atoms with van der Waals surface area (Å²) in [6, 6.07) is 0.718. The molecular formula is C12H21N3S. The Morgan fingerprint density at radius 2 is 2.56 bits per heavy atom. The van der Waals surface area contributed by atoms with E-state index in [9.17, 15) is 0 Å². The standard InChI is InChI=1S/C12H21N3S/c1-2-5-13-9-11-4-3-7-15(11)10-12-14-6-8-16-12/h6,8,11,13H,2-5,7,9-10H2,1H3. The van der Waals surface area contributed by atoms with E-state index in [1.807, 2.05) is 6.20 Å². The van der Waals surface area contributed by atoms with Crippen LogP contribution in [0.1, 0.15) is 31.2 Å². The van der Waals surface area contributed by atoms with E-state index in [-0.39, 0.29) is 0 Å². The molecule has 16 heavy (non-hydrogen) atoms. The topological polar surface area (TPSA) is 28.2 Å². The van der Waals surface area contributed by atoms with Gasteiger partial charge in [-0.25, -0.2) is 4.98 Å². The van der Waals surface area contributed by atoms with Crippen molar-refractivity contribution >= 4 is 11.3 Å². The smallest absolute Gasteiger partial charge is 0.107 e. The lowest BCUT2D eigenvalue weighted by molar-refractivity contribution is 0.239. The maximum Gasteiger partial charge on any atom is 0.107 e. The van der Waals surface area contributed by atoms with Crippen LogP contribution < -0.4 is 5.32 Å². The minimum absolute atomic E-state index is 0.718. The van der Waals surface area contributed by atoms with E-state index in [0.717, 1.165) is 25.7 Å². The van der Waals surface area contributed by atoms with Crippen LogP contribution in [0.25, 0.3) is 0 Å². The monoisotopic (exact) mass is 239 g/mol. The maximum absolute atomic E-state index is 4.37. The Hall–Kier alpha value is -0.450. The molecule has 2 heterocycles. The lowest BCUT2D eigenvalue weighted by atomic mass is 10.2. The van der Waals surface area contributed by atoms with E-state index < -0.39 is 0 Å². The molecule has 0 radical (unpaired) electrons. The molecule has 3 nitrogen and oxygen atoms in total. The summed E-state index contributed by atoms with van der Waals surface area (Å²) in [7, 11) is 0. The summed E-state index contributed by atoms with van der Waals surface area (Å²) < 4.78 is 0. The Balaban J connectivity index is 1.79. The third-order valence-electron chi connectivity index (χ3n) is 3.13. The van der Waals surface area contributed by atoms with Gasteiger partial charge < -0.3 is 5.32 Å².